The van der Waals surface area contributed by atoms with Gasteiger partial charge >= 0.3 is 0 Å². The Kier molecular flexibility index (Phi) is 4.12. The molecule has 0 fully saturated rings. The smallest absolute Gasteiger partial charge is 0.227 e. The van der Waals surface area contributed by atoms with Gasteiger partial charge in [0.1, 0.15) is 11.4 Å². The molecular weight excluding hydrogens is 401 g/mol. The maximum absolute atomic E-state index is 5.78. The standard InChI is InChI=1S/C15H11ClIN3O/c16-8-14(18)19-11-4-5-13-12(7-11)20-15(21-13)9-2-1-3-10(17)6-9/h1-7H,8H2,(H2,18,19). The molecule has 0 unspecified atom stereocenters. The van der Waals surface area contributed by atoms with E-state index in [1.165, 1.54) is 0 Å². The molecule has 1 heterocycles. The van der Waals surface area contributed by atoms with Gasteiger partial charge in [-0.05, 0) is 59.0 Å². The van der Waals surface area contributed by atoms with Gasteiger partial charge in [-0.1, -0.05) is 6.07 Å². The van der Waals surface area contributed by atoms with Crippen LogP contribution in [0.2, 0.25) is 0 Å². The predicted octanol–water partition coefficient (Wildman–Crippen LogP) is 4.33. The van der Waals surface area contributed by atoms with Gasteiger partial charge < -0.3 is 10.2 Å². The molecule has 0 aliphatic heterocycles. The second kappa shape index (κ2) is 6.03. The number of amidine groups is 1. The van der Waals surface area contributed by atoms with Gasteiger partial charge in [-0.15, -0.1) is 11.6 Å². The van der Waals surface area contributed by atoms with Crippen LogP contribution in [0.1, 0.15) is 0 Å². The number of alkyl halides is 1. The quantitative estimate of drug-likeness (QED) is 0.302. The number of oxazole rings is 1. The monoisotopic (exact) mass is 411 g/mol. The van der Waals surface area contributed by atoms with E-state index >= 15 is 0 Å². The molecule has 0 aliphatic carbocycles. The molecule has 2 aromatic carbocycles. The minimum absolute atomic E-state index is 0.199. The Morgan fingerprint density at radius 2 is 2.14 bits per heavy atom. The maximum Gasteiger partial charge on any atom is 0.227 e. The Morgan fingerprint density at radius 3 is 2.90 bits per heavy atom. The molecule has 1 aromatic heterocycles. The lowest BCUT2D eigenvalue weighted by atomic mass is 10.2. The van der Waals surface area contributed by atoms with Crippen molar-refractivity contribution in [1.82, 2.24) is 4.98 Å². The van der Waals surface area contributed by atoms with Crippen molar-refractivity contribution in [2.24, 2.45) is 10.7 Å². The normalized spacial score (nSPS) is 12.0. The summed E-state index contributed by atoms with van der Waals surface area (Å²) in [6.45, 7) is 0. The maximum atomic E-state index is 5.78. The van der Waals surface area contributed by atoms with Crippen LogP contribution in [0.4, 0.5) is 5.69 Å². The Labute approximate surface area is 140 Å². The third-order valence-corrected chi connectivity index (χ3v) is 3.80. The molecule has 4 nitrogen and oxygen atoms in total. The summed E-state index contributed by atoms with van der Waals surface area (Å²) < 4.78 is 6.91. The zero-order valence-electron chi connectivity index (χ0n) is 10.9. The molecule has 0 bridgehead atoms. The van der Waals surface area contributed by atoms with E-state index in [-0.39, 0.29) is 5.88 Å². The topological polar surface area (TPSA) is 64.4 Å². The first-order valence-corrected chi connectivity index (χ1v) is 7.82. The van der Waals surface area contributed by atoms with Crippen molar-refractivity contribution in [3.05, 3.63) is 46.0 Å². The third-order valence-electron chi connectivity index (χ3n) is 2.85. The summed E-state index contributed by atoms with van der Waals surface area (Å²) in [7, 11) is 0. The Bertz CT molecular complexity index is 829. The fourth-order valence-electron chi connectivity index (χ4n) is 1.93. The minimum atomic E-state index is 0.199. The van der Waals surface area contributed by atoms with Crippen molar-refractivity contribution in [2.45, 2.75) is 0 Å². The van der Waals surface area contributed by atoms with Gasteiger partial charge in [0.2, 0.25) is 5.89 Å². The molecule has 0 aliphatic rings. The molecule has 21 heavy (non-hydrogen) atoms. The van der Waals surface area contributed by atoms with E-state index in [4.69, 9.17) is 21.8 Å². The Morgan fingerprint density at radius 1 is 1.29 bits per heavy atom. The van der Waals surface area contributed by atoms with E-state index in [1.54, 1.807) is 0 Å². The number of rotatable bonds is 3. The molecule has 0 spiro atoms. The second-order valence-corrected chi connectivity index (χ2v) is 5.93. The van der Waals surface area contributed by atoms with Crippen LogP contribution >= 0.6 is 34.2 Å². The summed E-state index contributed by atoms with van der Waals surface area (Å²) >= 11 is 7.89. The highest BCUT2D eigenvalue weighted by molar-refractivity contribution is 14.1. The lowest BCUT2D eigenvalue weighted by molar-refractivity contribution is 0.620. The molecule has 0 saturated carbocycles. The van der Waals surface area contributed by atoms with Gasteiger partial charge in [0.05, 0.1) is 11.6 Å². The largest absolute Gasteiger partial charge is 0.436 e. The van der Waals surface area contributed by atoms with E-state index in [9.17, 15) is 0 Å². The summed E-state index contributed by atoms with van der Waals surface area (Å²) in [4.78, 5) is 8.71. The Balaban J connectivity index is 2.04. The number of aliphatic imine (C=N–C) groups is 1. The molecule has 106 valence electrons. The van der Waals surface area contributed by atoms with Crippen LogP contribution < -0.4 is 5.73 Å². The van der Waals surface area contributed by atoms with Crippen LogP contribution in [0.5, 0.6) is 0 Å². The van der Waals surface area contributed by atoms with E-state index < -0.39 is 0 Å². The Hall–Kier alpha value is -1.60. The average molecular weight is 412 g/mol. The molecule has 6 heteroatoms. The van der Waals surface area contributed by atoms with Crippen molar-refractivity contribution in [3.63, 3.8) is 0 Å². The first kappa shape index (κ1) is 14.3. The predicted molar refractivity (Wildman–Crippen MR) is 94.2 cm³/mol. The number of hydrogen-bond acceptors (Lipinski definition) is 3. The molecular formula is C15H11ClIN3O. The van der Waals surface area contributed by atoms with Crippen molar-refractivity contribution in [1.29, 1.82) is 0 Å². The molecule has 0 atom stereocenters. The highest BCUT2D eigenvalue weighted by Crippen LogP contribution is 2.27. The van der Waals surface area contributed by atoms with Crippen LogP contribution in [-0.2, 0) is 0 Å². The first-order valence-electron chi connectivity index (χ1n) is 6.21. The summed E-state index contributed by atoms with van der Waals surface area (Å²) in [6.07, 6.45) is 0. The summed E-state index contributed by atoms with van der Waals surface area (Å²) in [5, 5.41) is 0. The van der Waals surface area contributed by atoms with E-state index in [2.05, 4.69) is 32.6 Å². The van der Waals surface area contributed by atoms with Crippen molar-refractivity contribution in [2.75, 3.05) is 5.88 Å². The van der Waals surface area contributed by atoms with Crippen molar-refractivity contribution < 1.29 is 4.42 Å². The molecule has 3 aromatic rings. The van der Waals surface area contributed by atoms with Crippen molar-refractivity contribution >= 4 is 56.8 Å². The number of nitrogens with two attached hydrogens (primary N) is 1. The first-order chi connectivity index (χ1) is 10.2. The van der Waals surface area contributed by atoms with Gasteiger partial charge in [-0.25, -0.2) is 9.98 Å². The van der Waals surface area contributed by atoms with E-state index in [0.717, 1.165) is 14.7 Å². The number of aromatic nitrogens is 1. The number of halogens is 2. The number of hydrogen-bond donors (Lipinski definition) is 1. The van der Waals surface area contributed by atoms with Crippen LogP contribution in [0.15, 0.2) is 51.9 Å². The van der Waals surface area contributed by atoms with Gasteiger partial charge in [0.15, 0.2) is 5.58 Å². The zero-order chi connectivity index (χ0) is 14.8. The van der Waals surface area contributed by atoms with Crippen LogP contribution in [0.3, 0.4) is 0 Å². The minimum Gasteiger partial charge on any atom is -0.436 e. The molecule has 3 rings (SSSR count). The molecule has 0 amide bonds. The lowest BCUT2D eigenvalue weighted by Gasteiger charge is -1.95. The molecule has 2 N–H and O–H groups in total. The fourth-order valence-corrected chi connectivity index (χ4v) is 2.53. The number of nitrogens with zero attached hydrogens (tertiary/aromatic N) is 2. The van der Waals surface area contributed by atoms with Gasteiger partial charge in [-0.2, -0.15) is 0 Å². The van der Waals surface area contributed by atoms with Crippen molar-refractivity contribution in [3.8, 4) is 11.5 Å². The summed E-state index contributed by atoms with van der Waals surface area (Å²) in [5.41, 5.74) is 8.75. The molecule has 0 radical (unpaired) electrons. The average Bonchev–Trinajstić information content (AvgIpc) is 2.90. The summed E-state index contributed by atoms with van der Waals surface area (Å²) in [5.74, 6) is 1.16. The van der Waals surface area contributed by atoms with Gasteiger partial charge in [0, 0.05) is 9.13 Å². The van der Waals surface area contributed by atoms with Crippen LogP contribution in [0.25, 0.3) is 22.6 Å². The van der Waals surface area contributed by atoms with E-state index in [0.29, 0.717) is 23.0 Å². The van der Waals surface area contributed by atoms with Crippen LogP contribution in [-0.4, -0.2) is 16.7 Å². The SMILES string of the molecule is NC(CCl)=Nc1ccc2oc(-c3cccc(I)c3)nc2c1. The second-order valence-electron chi connectivity index (χ2n) is 4.42. The fraction of sp³-hybridized carbons (Fsp3) is 0.0667. The number of fused-ring (bicyclic) bond motifs is 1. The molecule has 0 saturated heterocycles. The third kappa shape index (κ3) is 3.19. The lowest BCUT2D eigenvalue weighted by Crippen LogP contribution is -2.12. The van der Waals surface area contributed by atoms with Gasteiger partial charge in [-0.3, -0.25) is 0 Å². The highest BCUT2D eigenvalue weighted by Gasteiger charge is 2.09. The van der Waals surface area contributed by atoms with Gasteiger partial charge in [0.25, 0.3) is 0 Å². The summed E-state index contributed by atoms with van der Waals surface area (Å²) in [6, 6.07) is 13.5. The zero-order valence-corrected chi connectivity index (χ0v) is 13.8. The van der Waals surface area contributed by atoms with E-state index in [1.807, 2.05) is 42.5 Å². The van der Waals surface area contributed by atoms with Crippen LogP contribution in [0, 0.1) is 3.57 Å². The number of benzene rings is 2. The highest BCUT2D eigenvalue weighted by atomic mass is 127.